The summed E-state index contributed by atoms with van der Waals surface area (Å²) in [6.45, 7) is 0.299. The summed E-state index contributed by atoms with van der Waals surface area (Å²) in [5, 5.41) is 50.5. The number of amides is 1. The van der Waals surface area contributed by atoms with Crippen LogP contribution in [-0.4, -0.2) is 98.6 Å². The van der Waals surface area contributed by atoms with Crippen molar-refractivity contribution in [3.8, 4) is 11.5 Å². The second-order valence-electron chi connectivity index (χ2n) is 11.4. The van der Waals surface area contributed by atoms with Gasteiger partial charge in [-0.15, -0.1) is 10.2 Å². The Labute approximate surface area is 315 Å². The van der Waals surface area contributed by atoms with Crippen molar-refractivity contribution in [2.75, 3.05) is 17.4 Å². The first kappa shape index (κ1) is 41.4. The minimum atomic E-state index is -5.13. The predicted octanol–water partition coefficient (Wildman–Crippen LogP) is 3.00. The number of sulfone groups is 1. The van der Waals surface area contributed by atoms with E-state index >= 15 is 0 Å². The monoisotopic (exact) mass is 856 g/mol. The summed E-state index contributed by atoms with van der Waals surface area (Å²) in [6, 6.07) is 8.34. The van der Waals surface area contributed by atoms with Gasteiger partial charge in [0.05, 0.1) is 33.5 Å². The fraction of sp³-hybridized carbons (Fsp3) is 0.138. The molecule has 56 heavy (non-hydrogen) atoms. The van der Waals surface area contributed by atoms with Gasteiger partial charge < -0.3 is 15.3 Å². The molecule has 4 aromatic rings. The minimum absolute atomic E-state index is 0.0245. The average molecular weight is 857 g/mol. The zero-order chi connectivity index (χ0) is 41.5. The number of carbonyl (C=O) groups is 2. The number of carboxylic acid groups (broad SMARTS) is 1. The number of rotatable bonds is 13. The average Bonchev–Trinajstić information content (AvgIpc) is 3.42. The van der Waals surface area contributed by atoms with E-state index in [4.69, 9.17) is 4.55 Å². The standard InChI is InChI=1S/C29H24N6O17S4/c1-14-10-20(21(36)13-22(14)53(41,42)9-8-52-56(49,50)51)31-32-24-23(55(46,47)48)11-15-2-3-16(12-19(15)27(24)37)30-33-25-26(29(39)40)34-35(28(25)38)17-4-6-18(7-5-17)54(43,44)45/h2-7,10-13,25,36-37H,8-9H2,1H3,(H,39,40)(H,43,44,45)(H,46,47,48)(H,49,50,51). The normalized spacial score (nSPS) is 15.6. The van der Waals surface area contributed by atoms with E-state index in [1.807, 2.05) is 0 Å². The van der Waals surface area contributed by atoms with Crippen LogP contribution in [0.15, 0.2) is 101 Å². The molecule has 1 atom stereocenters. The molecule has 0 saturated heterocycles. The molecule has 1 aliphatic heterocycles. The highest BCUT2D eigenvalue weighted by molar-refractivity contribution is 7.91. The number of nitrogens with zero attached hydrogens (tertiary/aromatic N) is 6. The Morgan fingerprint density at radius 2 is 1.50 bits per heavy atom. The summed E-state index contributed by atoms with van der Waals surface area (Å²) < 4.78 is 126. The second kappa shape index (κ2) is 15.0. The van der Waals surface area contributed by atoms with Gasteiger partial charge >= 0.3 is 16.4 Å². The third-order valence-corrected chi connectivity index (χ3v) is 11.6. The molecule has 5 rings (SSSR count). The van der Waals surface area contributed by atoms with Gasteiger partial charge in [-0.25, -0.2) is 17.4 Å². The van der Waals surface area contributed by atoms with Gasteiger partial charge in [-0.1, -0.05) is 6.07 Å². The van der Waals surface area contributed by atoms with E-state index in [-0.39, 0.29) is 27.7 Å². The van der Waals surface area contributed by atoms with Crippen LogP contribution in [0.1, 0.15) is 5.56 Å². The number of hydrogen-bond acceptors (Lipinski definition) is 18. The van der Waals surface area contributed by atoms with Gasteiger partial charge in [0.2, 0.25) is 6.04 Å². The van der Waals surface area contributed by atoms with E-state index in [2.05, 4.69) is 29.7 Å². The van der Waals surface area contributed by atoms with Crippen molar-refractivity contribution in [2.24, 2.45) is 25.6 Å². The van der Waals surface area contributed by atoms with Crippen LogP contribution < -0.4 is 5.01 Å². The fourth-order valence-electron chi connectivity index (χ4n) is 5.00. The number of phenols is 2. The molecule has 1 amide bonds. The summed E-state index contributed by atoms with van der Waals surface area (Å²) in [4.78, 5) is 23.1. The zero-order valence-corrected chi connectivity index (χ0v) is 31.0. The first-order chi connectivity index (χ1) is 25.9. The smallest absolute Gasteiger partial charge is 0.397 e. The van der Waals surface area contributed by atoms with Crippen LogP contribution >= 0.6 is 0 Å². The van der Waals surface area contributed by atoms with Crippen molar-refractivity contribution >= 4 is 91.6 Å². The van der Waals surface area contributed by atoms with Gasteiger partial charge in [0.15, 0.2) is 21.3 Å². The van der Waals surface area contributed by atoms with Gasteiger partial charge in [0.25, 0.3) is 26.1 Å². The molecule has 6 N–H and O–H groups in total. The minimum Gasteiger partial charge on any atom is -0.506 e. The Kier molecular flexibility index (Phi) is 11.1. The van der Waals surface area contributed by atoms with Crippen LogP contribution in [0, 0.1) is 6.92 Å². The molecule has 27 heteroatoms. The molecule has 0 spiro atoms. The summed E-state index contributed by atoms with van der Waals surface area (Å²) in [6.07, 6.45) is 0. The number of carboxylic acids is 1. The molecule has 4 aromatic carbocycles. The van der Waals surface area contributed by atoms with Gasteiger partial charge in [-0.3, -0.25) is 18.5 Å². The molecule has 0 radical (unpaired) electrons. The maximum absolute atomic E-state index is 13.1. The summed E-state index contributed by atoms with van der Waals surface area (Å²) >= 11 is 0. The van der Waals surface area contributed by atoms with Gasteiger partial charge in [-0.05, 0) is 66.4 Å². The molecule has 1 unspecified atom stereocenters. The largest absolute Gasteiger partial charge is 0.506 e. The molecular formula is C29H24N6O17S4. The number of anilines is 1. The molecule has 23 nitrogen and oxygen atoms in total. The van der Waals surface area contributed by atoms with Crippen LogP contribution in [0.25, 0.3) is 10.8 Å². The number of aromatic hydroxyl groups is 2. The molecule has 1 heterocycles. The maximum Gasteiger partial charge on any atom is 0.397 e. The molecule has 0 fully saturated rings. The third kappa shape index (κ3) is 9.00. The van der Waals surface area contributed by atoms with Crippen LogP contribution in [0.5, 0.6) is 11.5 Å². The predicted molar refractivity (Wildman–Crippen MR) is 189 cm³/mol. The molecule has 0 aliphatic carbocycles. The number of aryl methyl sites for hydroxylation is 1. The van der Waals surface area contributed by atoms with Crippen molar-refractivity contribution in [2.45, 2.75) is 27.7 Å². The molecule has 1 aliphatic rings. The maximum atomic E-state index is 13.1. The van der Waals surface area contributed by atoms with E-state index < -0.39 is 114 Å². The second-order valence-corrected chi connectivity index (χ2v) is 17.3. The Morgan fingerprint density at radius 1 is 0.839 bits per heavy atom. The zero-order valence-electron chi connectivity index (χ0n) is 27.8. The first-order valence-corrected chi connectivity index (χ1v) is 20.8. The van der Waals surface area contributed by atoms with Gasteiger partial charge in [0, 0.05) is 11.5 Å². The lowest BCUT2D eigenvalue weighted by Crippen LogP contribution is -2.33. The topological polar surface area (TPSA) is 366 Å². The number of carbonyl (C=O) groups excluding carboxylic acids is 1. The molecule has 0 bridgehead atoms. The van der Waals surface area contributed by atoms with Crippen LogP contribution in [0.4, 0.5) is 22.7 Å². The highest BCUT2D eigenvalue weighted by Gasteiger charge is 2.41. The molecule has 0 saturated carbocycles. The number of aliphatic carboxylic acids is 1. The van der Waals surface area contributed by atoms with Crippen molar-refractivity contribution in [1.29, 1.82) is 0 Å². The van der Waals surface area contributed by atoms with Crippen LogP contribution in [0.2, 0.25) is 0 Å². The Bertz CT molecular complexity index is 2860. The molecule has 296 valence electrons. The summed E-state index contributed by atoms with van der Waals surface area (Å²) in [7, 11) is -19.0. The van der Waals surface area contributed by atoms with E-state index in [1.54, 1.807) is 0 Å². The van der Waals surface area contributed by atoms with Crippen LogP contribution in [0.3, 0.4) is 0 Å². The van der Waals surface area contributed by atoms with Crippen molar-refractivity contribution in [1.82, 2.24) is 0 Å². The number of benzene rings is 4. The highest BCUT2D eigenvalue weighted by atomic mass is 32.3. The van der Waals surface area contributed by atoms with Gasteiger partial charge in [0.1, 0.15) is 22.0 Å². The third-order valence-electron chi connectivity index (χ3n) is 7.56. The van der Waals surface area contributed by atoms with Crippen molar-refractivity contribution in [3.63, 3.8) is 0 Å². The van der Waals surface area contributed by atoms with Crippen LogP contribution in [-0.2, 0) is 54.2 Å². The van der Waals surface area contributed by atoms with Crippen molar-refractivity contribution < 1.29 is 76.4 Å². The lowest BCUT2D eigenvalue weighted by molar-refractivity contribution is -0.130. The highest BCUT2D eigenvalue weighted by Crippen LogP contribution is 2.43. The SMILES string of the molecule is Cc1cc(N=Nc2c(S(=O)(=O)O)cc3ccc(N=NC4C(=O)N(c5ccc(S(=O)(=O)O)cc5)N=C4C(=O)O)cc3c2O)c(O)cc1S(=O)(=O)CCOS(=O)(=O)O. The lowest BCUT2D eigenvalue weighted by atomic mass is 10.1. The number of phenolic OH excluding ortho intramolecular Hbond substituents is 2. The van der Waals surface area contributed by atoms with E-state index in [0.29, 0.717) is 5.01 Å². The summed E-state index contributed by atoms with van der Waals surface area (Å²) in [5.74, 6) is -5.37. The number of azo groups is 2. The number of hydrazone groups is 1. The Hall–Kier alpha value is -5.81. The Morgan fingerprint density at radius 3 is 2.09 bits per heavy atom. The first-order valence-electron chi connectivity index (χ1n) is 14.9. The lowest BCUT2D eigenvalue weighted by Gasteiger charge is -2.12. The van der Waals surface area contributed by atoms with E-state index in [0.717, 1.165) is 48.5 Å². The number of fused-ring (bicyclic) bond motifs is 1. The van der Waals surface area contributed by atoms with Crippen molar-refractivity contribution in [3.05, 3.63) is 66.2 Å². The molecular weight excluding hydrogens is 833 g/mol. The van der Waals surface area contributed by atoms with E-state index in [1.165, 1.54) is 19.1 Å². The number of hydrogen-bond donors (Lipinski definition) is 6. The fourth-order valence-corrected chi connectivity index (χ4v) is 7.90. The summed E-state index contributed by atoms with van der Waals surface area (Å²) in [5.41, 5.74) is -2.40. The quantitative estimate of drug-likeness (QED) is 0.0831. The van der Waals surface area contributed by atoms with E-state index in [9.17, 15) is 67.7 Å². The molecule has 0 aromatic heterocycles. The Balaban J connectivity index is 1.48. The van der Waals surface area contributed by atoms with Gasteiger partial charge in [-0.2, -0.15) is 45.6 Å².